The van der Waals surface area contributed by atoms with E-state index in [2.05, 4.69) is 40.0 Å². The van der Waals surface area contributed by atoms with Crippen LogP contribution in [0.3, 0.4) is 0 Å². The van der Waals surface area contributed by atoms with Crippen molar-refractivity contribution in [2.24, 2.45) is 5.92 Å². The molecular weight excluding hydrogens is 224 g/mol. The molecule has 0 bridgehead atoms. The number of ether oxygens (including phenoxy) is 1. The molecule has 2 nitrogen and oxygen atoms in total. The van der Waals surface area contributed by atoms with E-state index in [1.54, 1.807) is 6.08 Å². The second-order valence-electron chi connectivity index (χ2n) is 4.99. The normalized spacial score (nSPS) is 13.3. The monoisotopic (exact) mass is 250 g/mol. The average Bonchev–Trinajstić information content (AvgIpc) is 2.28. The molecule has 0 aliphatic heterocycles. The smallest absolute Gasteiger partial charge is 0.330 e. The molecule has 0 heterocycles. The average molecular weight is 250 g/mol. The number of hydrogen-bond donors (Lipinski definition) is 0. The van der Waals surface area contributed by atoms with Gasteiger partial charge in [0.1, 0.15) is 6.10 Å². The largest absolute Gasteiger partial charge is 0.459 e. The highest BCUT2D eigenvalue weighted by Gasteiger charge is 2.14. The number of carbonyl (C=O) groups is 1. The maximum Gasteiger partial charge on any atom is 0.330 e. The van der Waals surface area contributed by atoms with Gasteiger partial charge in [0.25, 0.3) is 0 Å². The van der Waals surface area contributed by atoms with E-state index in [4.69, 9.17) is 4.74 Å². The summed E-state index contributed by atoms with van der Waals surface area (Å²) in [5, 5.41) is 0. The third-order valence-corrected chi connectivity index (χ3v) is 2.76. The molecule has 0 aromatic carbocycles. The Morgan fingerprint density at radius 1 is 1.33 bits per heavy atom. The predicted molar refractivity (Wildman–Crippen MR) is 77.3 cm³/mol. The molecule has 0 aliphatic rings. The molecule has 18 heavy (non-hydrogen) atoms. The molecule has 2 unspecified atom stereocenters. The Labute approximate surface area is 111 Å². The van der Waals surface area contributed by atoms with Crippen LogP contribution in [0.2, 0.25) is 0 Å². The standard InChI is InChI=1S/C16H26O2/c1-6-9-15(18-16(17)7-2)12-14(5)11-8-10-13(3)4/h6-7,10,14-15H,1-2,8-9,11-12H2,3-5H3. The van der Waals surface area contributed by atoms with E-state index in [1.807, 2.05) is 0 Å². The Kier molecular flexibility index (Phi) is 8.99. The van der Waals surface area contributed by atoms with Crippen molar-refractivity contribution in [1.29, 1.82) is 0 Å². The summed E-state index contributed by atoms with van der Waals surface area (Å²) in [6.45, 7) is 13.5. The van der Waals surface area contributed by atoms with Gasteiger partial charge in [-0.3, -0.25) is 0 Å². The van der Waals surface area contributed by atoms with Crippen molar-refractivity contribution >= 4 is 5.97 Å². The highest BCUT2D eigenvalue weighted by Crippen LogP contribution is 2.18. The zero-order chi connectivity index (χ0) is 14.0. The highest BCUT2D eigenvalue weighted by molar-refractivity contribution is 5.81. The van der Waals surface area contributed by atoms with Gasteiger partial charge in [0.2, 0.25) is 0 Å². The van der Waals surface area contributed by atoms with E-state index in [9.17, 15) is 4.79 Å². The van der Waals surface area contributed by atoms with Crippen LogP contribution in [0.15, 0.2) is 37.0 Å². The summed E-state index contributed by atoms with van der Waals surface area (Å²) in [4.78, 5) is 11.2. The summed E-state index contributed by atoms with van der Waals surface area (Å²) >= 11 is 0. The Morgan fingerprint density at radius 3 is 2.50 bits per heavy atom. The first-order valence-corrected chi connectivity index (χ1v) is 6.56. The number of hydrogen-bond acceptors (Lipinski definition) is 2. The van der Waals surface area contributed by atoms with Crippen molar-refractivity contribution < 1.29 is 9.53 Å². The maximum absolute atomic E-state index is 11.2. The Balaban J connectivity index is 4.13. The van der Waals surface area contributed by atoms with Crippen molar-refractivity contribution in [1.82, 2.24) is 0 Å². The van der Waals surface area contributed by atoms with Gasteiger partial charge >= 0.3 is 5.97 Å². The van der Waals surface area contributed by atoms with Crippen LogP contribution < -0.4 is 0 Å². The van der Waals surface area contributed by atoms with Crippen LogP contribution in [0, 0.1) is 5.92 Å². The first-order valence-electron chi connectivity index (χ1n) is 6.56. The molecule has 0 spiro atoms. The van der Waals surface area contributed by atoms with E-state index >= 15 is 0 Å². The fourth-order valence-corrected chi connectivity index (χ4v) is 1.81. The summed E-state index contributed by atoms with van der Waals surface area (Å²) < 4.78 is 5.29. The van der Waals surface area contributed by atoms with E-state index in [0.29, 0.717) is 12.3 Å². The predicted octanol–water partition coefficient (Wildman–Crippen LogP) is 4.43. The van der Waals surface area contributed by atoms with Crippen LogP contribution in [0.25, 0.3) is 0 Å². The lowest BCUT2D eigenvalue weighted by Crippen LogP contribution is -2.19. The summed E-state index contributed by atoms with van der Waals surface area (Å²) in [7, 11) is 0. The van der Waals surface area contributed by atoms with Gasteiger partial charge in [0, 0.05) is 12.5 Å². The maximum atomic E-state index is 11.2. The minimum absolute atomic E-state index is 0.0743. The van der Waals surface area contributed by atoms with Crippen molar-refractivity contribution in [3.05, 3.63) is 37.0 Å². The van der Waals surface area contributed by atoms with Gasteiger partial charge in [-0.25, -0.2) is 4.79 Å². The highest BCUT2D eigenvalue weighted by atomic mass is 16.5. The molecular formula is C16H26O2. The first-order chi connectivity index (χ1) is 8.49. The van der Waals surface area contributed by atoms with Crippen molar-refractivity contribution in [3.8, 4) is 0 Å². The number of esters is 1. The van der Waals surface area contributed by atoms with E-state index in [-0.39, 0.29) is 12.1 Å². The van der Waals surface area contributed by atoms with E-state index in [0.717, 1.165) is 19.3 Å². The summed E-state index contributed by atoms with van der Waals surface area (Å²) in [6, 6.07) is 0. The Morgan fingerprint density at radius 2 is 2.00 bits per heavy atom. The zero-order valence-electron chi connectivity index (χ0n) is 11.9. The molecule has 2 atom stereocenters. The SMILES string of the molecule is C=CCC(CC(C)CCC=C(C)C)OC(=O)C=C. The molecule has 0 radical (unpaired) electrons. The fourth-order valence-electron chi connectivity index (χ4n) is 1.81. The lowest BCUT2D eigenvalue weighted by Gasteiger charge is -2.19. The van der Waals surface area contributed by atoms with Crippen molar-refractivity contribution in [3.63, 3.8) is 0 Å². The lowest BCUT2D eigenvalue weighted by molar-refractivity contribution is -0.143. The molecule has 0 saturated carbocycles. The van der Waals surface area contributed by atoms with Gasteiger partial charge in [-0.05, 0) is 39.0 Å². The third kappa shape index (κ3) is 8.80. The minimum atomic E-state index is -0.349. The minimum Gasteiger partial charge on any atom is -0.459 e. The summed E-state index contributed by atoms with van der Waals surface area (Å²) in [5.74, 6) is 0.182. The van der Waals surface area contributed by atoms with Gasteiger partial charge in [0.15, 0.2) is 0 Å². The first kappa shape index (κ1) is 16.7. The summed E-state index contributed by atoms with van der Waals surface area (Å²) in [6.07, 6.45) is 8.95. The van der Waals surface area contributed by atoms with Gasteiger partial charge in [-0.2, -0.15) is 0 Å². The fraction of sp³-hybridized carbons (Fsp3) is 0.562. The van der Waals surface area contributed by atoms with Gasteiger partial charge < -0.3 is 4.74 Å². The number of allylic oxidation sites excluding steroid dienone is 2. The molecule has 0 amide bonds. The second-order valence-corrected chi connectivity index (χ2v) is 4.99. The van der Waals surface area contributed by atoms with Crippen molar-refractivity contribution in [2.45, 2.75) is 52.6 Å². The second kappa shape index (κ2) is 9.69. The van der Waals surface area contributed by atoms with Crippen LogP contribution >= 0.6 is 0 Å². The molecule has 0 fully saturated rings. The van der Waals surface area contributed by atoms with Gasteiger partial charge in [0.05, 0.1) is 0 Å². The number of carbonyl (C=O) groups excluding carboxylic acids is 1. The lowest BCUT2D eigenvalue weighted by atomic mass is 9.96. The van der Waals surface area contributed by atoms with Crippen LogP contribution in [0.1, 0.15) is 46.5 Å². The quantitative estimate of drug-likeness (QED) is 0.344. The van der Waals surface area contributed by atoms with Crippen LogP contribution in [-0.4, -0.2) is 12.1 Å². The summed E-state index contributed by atoms with van der Waals surface area (Å²) in [5.41, 5.74) is 1.35. The Hall–Kier alpha value is -1.31. The topological polar surface area (TPSA) is 26.3 Å². The third-order valence-electron chi connectivity index (χ3n) is 2.76. The van der Waals surface area contributed by atoms with Gasteiger partial charge in [-0.15, -0.1) is 6.58 Å². The van der Waals surface area contributed by atoms with Gasteiger partial charge in [-0.1, -0.05) is 31.2 Å². The number of rotatable bonds is 9. The Bertz CT molecular complexity index is 298. The zero-order valence-corrected chi connectivity index (χ0v) is 11.9. The molecule has 2 heteroatoms. The van der Waals surface area contributed by atoms with Crippen LogP contribution in [0.5, 0.6) is 0 Å². The van der Waals surface area contributed by atoms with E-state index in [1.165, 1.54) is 11.6 Å². The molecule has 102 valence electrons. The molecule has 0 aromatic rings. The molecule has 0 N–H and O–H groups in total. The molecule has 0 aromatic heterocycles. The van der Waals surface area contributed by atoms with Crippen molar-refractivity contribution in [2.75, 3.05) is 0 Å². The molecule has 0 aliphatic carbocycles. The molecule has 0 rings (SSSR count). The van der Waals surface area contributed by atoms with E-state index < -0.39 is 0 Å². The van der Waals surface area contributed by atoms with Crippen LogP contribution in [-0.2, 0) is 9.53 Å². The molecule has 0 saturated heterocycles. The van der Waals surface area contributed by atoms with Crippen LogP contribution in [0.4, 0.5) is 0 Å².